The van der Waals surface area contributed by atoms with E-state index in [-0.39, 0.29) is 41.6 Å². The number of amides is 5. The van der Waals surface area contributed by atoms with E-state index in [9.17, 15) is 24.0 Å². The lowest BCUT2D eigenvalue weighted by atomic mass is 10.0. The molecule has 5 N–H and O–H groups in total. The number of carbonyl (C=O) groups is 5. The van der Waals surface area contributed by atoms with Crippen LogP contribution in [-0.4, -0.2) is 99.0 Å². The molecule has 2 aromatic heterocycles. The number of alkyl carbamates (subject to hydrolysis) is 2. The number of methoxy groups -OCH3 is 2. The van der Waals surface area contributed by atoms with Crippen LogP contribution in [0.5, 0.6) is 11.5 Å². The first-order valence-electron chi connectivity index (χ1n) is 19.5. The van der Waals surface area contributed by atoms with Gasteiger partial charge in [-0.2, -0.15) is 0 Å². The van der Waals surface area contributed by atoms with Gasteiger partial charge in [0.1, 0.15) is 29.5 Å². The van der Waals surface area contributed by atoms with Gasteiger partial charge in [-0.15, -0.1) is 0 Å². The number of H-pyrrole nitrogens is 2. The summed E-state index contributed by atoms with van der Waals surface area (Å²) in [6.45, 7) is 8.56. The van der Waals surface area contributed by atoms with Gasteiger partial charge in [0.2, 0.25) is 11.8 Å². The summed E-state index contributed by atoms with van der Waals surface area (Å²) in [5.41, 5.74) is 3.69. The van der Waals surface area contributed by atoms with Crippen LogP contribution < -0.4 is 20.7 Å². The van der Waals surface area contributed by atoms with Crippen LogP contribution >= 0.6 is 0 Å². The zero-order chi connectivity index (χ0) is 41.2. The number of nitrogens with zero attached hydrogens (tertiary/aromatic N) is 4. The van der Waals surface area contributed by atoms with Crippen LogP contribution in [0.2, 0.25) is 0 Å². The van der Waals surface area contributed by atoms with Gasteiger partial charge < -0.3 is 49.9 Å². The number of aromatic nitrogens is 4. The first-order valence-corrected chi connectivity index (χ1v) is 19.5. The van der Waals surface area contributed by atoms with Crippen molar-refractivity contribution >= 4 is 35.6 Å². The van der Waals surface area contributed by atoms with Gasteiger partial charge in [0, 0.05) is 24.2 Å². The minimum Gasteiger partial charge on any atom is -0.454 e. The summed E-state index contributed by atoms with van der Waals surface area (Å²) in [5.74, 6) is 1.03. The maximum Gasteiger partial charge on any atom is 0.407 e. The number of likely N-dealkylation sites (tertiary alicyclic amines) is 2. The average molecular weight is 796 g/mol. The molecule has 0 radical (unpaired) electrons. The maximum absolute atomic E-state index is 13.6. The van der Waals surface area contributed by atoms with E-state index in [4.69, 9.17) is 14.2 Å². The van der Waals surface area contributed by atoms with Crippen LogP contribution in [0.15, 0.2) is 48.8 Å². The lowest BCUT2D eigenvalue weighted by molar-refractivity contribution is -0.136. The average Bonchev–Trinajstić information content (AvgIpc) is 4.05. The van der Waals surface area contributed by atoms with E-state index in [1.54, 1.807) is 40.4 Å². The van der Waals surface area contributed by atoms with Crippen LogP contribution in [0.3, 0.4) is 0 Å². The number of rotatable bonds is 10. The van der Waals surface area contributed by atoms with Gasteiger partial charge in [-0.3, -0.25) is 14.4 Å². The minimum atomic E-state index is -0.742. The SMILES string of the molecule is COC(=O)N[C@H](C(=O)N1CCC[C@H]1c1ncc(-c2ccc3c(c2)NC(=O)c2ccc(-c4cnc([C@@H]5CCCN5C(=O)[C@@H](NC(=O)OC)C(C)C)[nH]4)cc2O3)[nH]1)C(C)C. The molecule has 3 aliphatic rings. The molecule has 2 saturated heterocycles. The molecule has 0 bridgehead atoms. The predicted octanol–water partition coefficient (Wildman–Crippen LogP) is 5.91. The van der Waals surface area contributed by atoms with E-state index >= 15 is 0 Å². The second-order valence-electron chi connectivity index (χ2n) is 15.4. The summed E-state index contributed by atoms with van der Waals surface area (Å²) in [5, 5.41) is 8.32. The van der Waals surface area contributed by atoms with E-state index in [2.05, 4.69) is 35.9 Å². The van der Waals surface area contributed by atoms with Gasteiger partial charge in [-0.1, -0.05) is 33.8 Å². The molecule has 4 aromatic rings. The third-order valence-electron chi connectivity index (χ3n) is 11.0. The van der Waals surface area contributed by atoms with Crippen LogP contribution in [-0.2, 0) is 19.1 Å². The Kier molecular flexibility index (Phi) is 11.4. The molecule has 2 fully saturated rings. The first kappa shape index (κ1) is 39.8. The van der Waals surface area contributed by atoms with Crippen molar-refractivity contribution in [1.29, 1.82) is 0 Å². The molecule has 0 unspecified atom stereocenters. The highest BCUT2D eigenvalue weighted by Crippen LogP contribution is 2.41. The van der Waals surface area contributed by atoms with Gasteiger partial charge in [-0.05, 0) is 67.9 Å². The number of fused-ring (bicyclic) bond motifs is 2. The molecule has 306 valence electrons. The van der Waals surface area contributed by atoms with Gasteiger partial charge in [0.15, 0.2) is 5.75 Å². The number of ether oxygens (including phenoxy) is 3. The van der Waals surface area contributed by atoms with Gasteiger partial charge in [0.05, 0.1) is 61.3 Å². The Balaban J connectivity index is 1.07. The zero-order valence-corrected chi connectivity index (χ0v) is 33.4. The molecule has 17 nitrogen and oxygen atoms in total. The Labute approximate surface area is 335 Å². The Morgan fingerprint density at radius 3 is 1.74 bits per heavy atom. The number of hydrogen-bond acceptors (Lipinski definition) is 10. The van der Waals surface area contributed by atoms with Crippen molar-refractivity contribution in [3.05, 3.63) is 66.0 Å². The molecule has 17 heteroatoms. The molecule has 5 amide bonds. The highest BCUT2D eigenvalue weighted by atomic mass is 16.5. The fourth-order valence-electron chi connectivity index (χ4n) is 7.85. The quantitative estimate of drug-likeness (QED) is 0.128. The molecular formula is C41H49N9O8. The summed E-state index contributed by atoms with van der Waals surface area (Å²) < 4.78 is 15.9. The first-order chi connectivity index (χ1) is 27.9. The molecule has 58 heavy (non-hydrogen) atoms. The van der Waals surface area contributed by atoms with Crippen LogP contribution in [0, 0.1) is 11.8 Å². The third kappa shape index (κ3) is 7.93. The second kappa shape index (κ2) is 16.6. The fourth-order valence-corrected chi connectivity index (χ4v) is 7.85. The standard InChI is InChI=1S/C41H49N9O8/c1-21(2)33(47-40(54)56-5)38(52)49-15-7-9-29(49)35-42-19-27(44-35)23-12-14-31-26(17-23)46-37(51)25-13-11-24(18-32(25)58-31)28-20-43-36(45-28)30-10-8-16-50(30)39(53)34(22(3)4)48-41(55)57-6/h11-14,17-22,29-30,33-34H,7-10,15-16H2,1-6H3,(H,42,44)(H,43,45)(H,46,51)(H,47,54)(H,48,55)/t29-,30-,33-,34-/m0/s1. The largest absolute Gasteiger partial charge is 0.454 e. The van der Waals surface area contributed by atoms with Crippen LogP contribution in [0.4, 0.5) is 15.3 Å². The van der Waals surface area contributed by atoms with Crippen LogP contribution in [0.25, 0.3) is 22.5 Å². The Morgan fingerprint density at radius 1 is 0.741 bits per heavy atom. The Morgan fingerprint density at radius 2 is 1.24 bits per heavy atom. The molecule has 7 rings (SSSR count). The molecule has 5 heterocycles. The van der Waals surface area contributed by atoms with Crippen molar-refractivity contribution < 1.29 is 38.2 Å². The Bertz CT molecular complexity index is 2210. The van der Waals surface area contributed by atoms with E-state index in [0.717, 1.165) is 24.0 Å². The highest BCUT2D eigenvalue weighted by molar-refractivity contribution is 6.08. The Hall–Kier alpha value is -6.39. The molecule has 0 spiro atoms. The zero-order valence-electron chi connectivity index (χ0n) is 33.4. The highest BCUT2D eigenvalue weighted by Gasteiger charge is 2.39. The van der Waals surface area contributed by atoms with E-state index in [1.807, 2.05) is 45.9 Å². The second-order valence-corrected chi connectivity index (χ2v) is 15.4. The topological polar surface area (TPSA) is 213 Å². The van der Waals surface area contributed by atoms with Crippen molar-refractivity contribution in [2.45, 2.75) is 77.5 Å². The van der Waals surface area contributed by atoms with E-state index in [1.165, 1.54) is 14.2 Å². The lowest BCUT2D eigenvalue weighted by Crippen LogP contribution is -2.51. The van der Waals surface area contributed by atoms with Gasteiger partial charge in [-0.25, -0.2) is 19.6 Å². The number of aromatic amines is 2. The summed E-state index contributed by atoms with van der Waals surface area (Å²) in [4.78, 5) is 84.3. The number of carbonyl (C=O) groups excluding carboxylic acids is 5. The van der Waals surface area contributed by atoms with Crippen molar-refractivity contribution in [2.24, 2.45) is 11.8 Å². The van der Waals surface area contributed by atoms with E-state index in [0.29, 0.717) is 71.7 Å². The summed E-state index contributed by atoms with van der Waals surface area (Å²) in [6.07, 6.45) is 5.08. The normalized spacial score (nSPS) is 18.4. The van der Waals surface area contributed by atoms with Crippen molar-refractivity contribution in [2.75, 3.05) is 32.6 Å². The molecule has 2 aromatic carbocycles. The summed E-state index contributed by atoms with van der Waals surface area (Å²) in [7, 11) is 2.53. The molecule has 4 atom stereocenters. The van der Waals surface area contributed by atoms with Gasteiger partial charge in [0.25, 0.3) is 5.91 Å². The van der Waals surface area contributed by atoms with Gasteiger partial charge >= 0.3 is 12.2 Å². The summed E-state index contributed by atoms with van der Waals surface area (Å²) in [6, 6.07) is 8.66. The predicted molar refractivity (Wildman–Crippen MR) is 212 cm³/mol. The number of benzene rings is 2. The van der Waals surface area contributed by atoms with Crippen LogP contribution in [0.1, 0.15) is 87.5 Å². The molecule has 0 saturated carbocycles. The smallest absolute Gasteiger partial charge is 0.407 e. The maximum atomic E-state index is 13.6. The lowest BCUT2D eigenvalue weighted by Gasteiger charge is -2.30. The fraction of sp³-hybridized carbons (Fsp3) is 0.439. The number of anilines is 1. The number of hydrogen-bond donors (Lipinski definition) is 5. The van der Waals surface area contributed by atoms with Crippen molar-refractivity contribution in [3.63, 3.8) is 0 Å². The molecule has 3 aliphatic heterocycles. The molecule has 0 aliphatic carbocycles. The molecular weight excluding hydrogens is 747 g/mol. The minimum absolute atomic E-state index is 0.150. The number of imidazole rings is 2. The van der Waals surface area contributed by atoms with Crippen molar-refractivity contribution in [3.8, 4) is 34.0 Å². The monoisotopic (exact) mass is 795 g/mol. The van der Waals surface area contributed by atoms with Crippen molar-refractivity contribution in [1.82, 2.24) is 40.4 Å². The van der Waals surface area contributed by atoms with E-state index < -0.39 is 24.3 Å². The summed E-state index contributed by atoms with van der Waals surface area (Å²) >= 11 is 0. The number of nitrogens with one attached hydrogen (secondary N) is 5. The third-order valence-corrected chi connectivity index (χ3v) is 11.0.